The zero-order valence-electron chi connectivity index (χ0n) is 12.3. The number of aromatic nitrogens is 5. The average molecular weight is 315 g/mol. The molecule has 0 spiro atoms. The third-order valence-corrected chi connectivity index (χ3v) is 4.19. The third-order valence-electron chi connectivity index (χ3n) is 3.14. The summed E-state index contributed by atoms with van der Waals surface area (Å²) < 4.78 is 8.96. The van der Waals surface area contributed by atoms with E-state index in [4.69, 9.17) is 4.74 Å². The van der Waals surface area contributed by atoms with Crippen molar-refractivity contribution < 1.29 is 4.74 Å². The van der Waals surface area contributed by atoms with Crippen LogP contribution >= 0.6 is 11.8 Å². The predicted molar refractivity (Wildman–Crippen MR) is 85.0 cm³/mol. The number of nitrogens with zero attached hydrogens (tertiary/aromatic N) is 5. The molecule has 3 aromatic rings. The van der Waals surface area contributed by atoms with Crippen LogP contribution in [0.4, 0.5) is 0 Å². The zero-order chi connectivity index (χ0) is 15.2. The van der Waals surface area contributed by atoms with Gasteiger partial charge in [0.25, 0.3) is 0 Å². The Kier molecular flexibility index (Phi) is 4.87. The summed E-state index contributed by atoms with van der Waals surface area (Å²) >= 11 is 1.65. The van der Waals surface area contributed by atoms with Gasteiger partial charge in [0.05, 0.1) is 18.5 Å². The van der Waals surface area contributed by atoms with Crippen LogP contribution in [0, 0.1) is 0 Å². The zero-order valence-corrected chi connectivity index (χ0v) is 13.1. The largest absolute Gasteiger partial charge is 0.383 e. The highest BCUT2D eigenvalue weighted by Gasteiger charge is 2.07. The van der Waals surface area contributed by atoms with E-state index in [0.29, 0.717) is 6.61 Å². The van der Waals surface area contributed by atoms with Gasteiger partial charge in [-0.25, -0.2) is 4.68 Å². The fourth-order valence-electron chi connectivity index (χ4n) is 2.00. The van der Waals surface area contributed by atoms with Crippen molar-refractivity contribution in [3.8, 4) is 5.69 Å². The number of thioether (sulfide) groups is 1. The van der Waals surface area contributed by atoms with E-state index in [2.05, 4.69) is 15.3 Å². The molecule has 1 aromatic carbocycles. The van der Waals surface area contributed by atoms with Gasteiger partial charge in [0.1, 0.15) is 6.33 Å². The quantitative estimate of drug-likeness (QED) is 0.627. The molecule has 0 atom stereocenters. The minimum Gasteiger partial charge on any atom is -0.383 e. The molecular weight excluding hydrogens is 298 g/mol. The molecule has 2 aromatic heterocycles. The smallest absolute Gasteiger partial charge is 0.191 e. The van der Waals surface area contributed by atoms with Crippen LogP contribution in [0.25, 0.3) is 5.69 Å². The molecule has 0 unspecified atom stereocenters. The van der Waals surface area contributed by atoms with Gasteiger partial charge in [-0.05, 0) is 12.1 Å². The van der Waals surface area contributed by atoms with Gasteiger partial charge in [0.15, 0.2) is 5.16 Å². The summed E-state index contributed by atoms with van der Waals surface area (Å²) in [6, 6.07) is 10.1. The Morgan fingerprint density at radius 2 is 2.09 bits per heavy atom. The first-order chi connectivity index (χ1) is 10.9. The molecule has 22 heavy (non-hydrogen) atoms. The molecular formula is C15H17N5OS. The topological polar surface area (TPSA) is 57.8 Å². The summed E-state index contributed by atoms with van der Waals surface area (Å²) in [6.07, 6.45) is 5.66. The highest BCUT2D eigenvalue weighted by atomic mass is 32.2. The molecule has 0 bridgehead atoms. The van der Waals surface area contributed by atoms with Crippen molar-refractivity contribution in [2.75, 3.05) is 13.7 Å². The Labute approximate surface area is 133 Å². The van der Waals surface area contributed by atoms with Gasteiger partial charge in [-0.15, -0.1) is 10.2 Å². The van der Waals surface area contributed by atoms with Gasteiger partial charge < -0.3 is 9.30 Å². The lowest BCUT2D eigenvalue weighted by Crippen LogP contribution is -2.04. The first-order valence-electron chi connectivity index (χ1n) is 6.95. The van der Waals surface area contributed by atoms with E-state index in [-0.39, 0.29) is 0 Å². The maximum atomic E-state index is 5.09. The Balaban J connectivity index is 1.63. The molecule has 0 radical (unpaired) electrons. The number of ether oxygens (including phenoxy) is 1. The predicted octanol–water partition coefficient (Wildman–Crippen LogP) is 2.40. The van der Waals surface area contributed by atoms with E-state index in [1.807, 2.05) is 52.0 Å². The van der Waals surface area contributed by atoms with Crippen LogP contribution in [0.1, 0.15) is 5.56 Å². The Morgan fingerprint density at radius 3 is 2.91 bits per heavy atom. The summed E-state index contributed by atoms with van der Waals surface area (Å²) in [5.74, 6) is 0.804. The second-order valence-electron chi connectivity index (χ2n) is 4.72. The molecule has 0 N–H and O–H groups in total. The minimum atomic E-state index is 0.650. The normalized spacial score (nSPS) is 11.0. The van der Waals surface area contributed by atoms with Crippen LogP contribution in [0.3, 0.4) is 0 Å². The molecule has 0 aliphatic carbocycles. The number of benzene rings is 1. The minimum absolute atomic E-state index is 0.650. The molecule has 0 saturated heterocycles. The van der Waals surface area contributed by atoms with Crippen molar-refractivity contribution in [2.24, 2.45) is 0 Å². The molecule has 2 heterocycles. The van der Waals surface area contributed by atoms with E-state index in [9.17, 15) is 0 Å². The van der Waals surface area contributed by atoms with Gasteiger partial charge >= 0.3 is 0 Å². The molecule has 7 heteroatoms. The van der Waals surface area contributed by atoms with Crippen molar-refractivity contribution >= 4 is 11.8 Å². The summed E-state index contributed by atoms with van der Waals surface area (Å²) in [5, 5.41) is 13.4. The lowest BCUT2D eigenvalue weighted by molar-refractivity contribution is 0.184. The van der Waals surface area contributed by atoms with E-state index < -0.39 is 0 Å². The molecule has 0 amide bonds. The lowest BCUT2D eigenvalue weighted by atomic mass is 10.3. The van der Waals surface area contributed by atoms with Gasteiger partial charge in [-0.3, -0.25) is 0 Å². The van der Waals surface area contributed by atoms with Crippen molar-refractivity contribution in [3.63, 3.8) is 0 Å². The number of methoxy groups -OCH3 is 1. The van der Waals surface area contributed by atoms with Crippen LogP contribution in [0.2, 0.25) is 0 Å². The number of para-hydroxylation sites is 1. The SMILES string of the molecule is COCCn1cnnc1SCc1cnn(-c2ccccc2)c1. The van der Waals surface area contributed by atoms with Gasteiger partial charge in [-0.1, -0.05) is 30.0 Å². The van der Waals surface area contributed by atoms with Gasteiger partial charge in [0, 0.05) is 31.2 Å². The monoisotopic (exact) mass is 315 g/mol. The van der Waals surface area contributed by atoms with E-state index >= 15 is 0 Å². The molecule has 6 nitrogen and oxygen atoms in total. The van der Waals surface area contributed by atoms with Crippen molar-refractivity contribution in [1.29, 1.82) is 0 Å². The molecule has 0 aliphatic heterocycles. The first-order valence-corrected chi connectivity index (χ1v) is 7.94. The second kappa shape index (κ2) is 7.24. The van der Waals surface area contributed by atoms with Crippen LogP contribution in [0.5, 0.6) is 0 Å². The van der Waals surface area contributed by atoms with E-state index in [1.54, 1.807) is 25.2 Å². The van der Waals surface area contributed by atoms with Crippen LogP contribution in [-0.2, 0) is 17.0 Å². The third kappa shape index (κ3) is 3.55. The maximum absolute atomic E-state index is 5.09. The highest BCUT2D eigenvalue weighted by molar-refractivity contribution is 7.98. The molecule has 0 fully saturated rings. The standard InChI is InChI=1S/C15H17N5OS/c1-21-8-7-19-12-16-18-15(19)22-11-13-9-17-20(10-13)14-5-3-2-4-6-14/h2-6,9-10,12H,7-8,11H2,1H3. The van der Waals surface area contributed by atoms with E-state index in [1.165, 1.54) is 0 Å². The summed E-state index contributed by atoms with van der Waals surface area (Å²) in [6.45, 7) is 1.41. The Hall–Kier alpha value is -2.12. The van der Waals surface area contributed by atoms with E-state index in [0.717, 1.165) is 28.7 Å². The van der Waals surface area contributed by atoms with Crippen LogP contribution in [-0.4, -0.2) is 38.3 Å². The summed E-state index contributed by atoms with van der Waals surface area (Å²) in [7, 11) is 1.69. The molecule has 0 saturated carbocycles. The number of rotatable bonds is 7. The lowest BCUT2D eigenvalue weighted by Gasteiger charge is -2.04. The molecule has 114 valence electrons. The molecule has 0 aliphatic rings. The van der Waals surface area contributed by atoms with Crippen LogP contribution in [0.15, 0.2) is 54.2 Å². The number of hydrogen-bond acceptors (Lipinski definition) is 5. The fourth-order valence-corrected chi connectivity index (χ4v) is 2.86. The fraction of sp³-hybridized carbons (Fsp3) is 0.267. The van der Waals surface area contributed by atoms with Crippen LogP contribution < -0.4 is 0 Å². The average Bonchev–Trinajstić information content (AvgIpc) is 3.21. The van der Waals surface area contributed by atoms with Gasteiger partial charge in [-0.2, -0.15) is 5.10 Å². The Morgan fingerprint density at radius 1 is 1.23 bits per heavy atom. The molecule has 3 rings (SSSR count). The van der Waals surface area contributed by atoms with Crippen molar-refractivity contribution in [2.45, 2.75) is 17.5 Å². The second-order valence-corrected chi connectivity index (χ2v) is 5.66. The maximum Gasteiger partial charge on any atom is 0.191 e. The van der Waals surface area contributed by atoms with Gasteiger partial charge in [0.2, 0.25) is 0 Å². The summed E-state index contributed by atoms with van der Waals surface area (Å²) in [4.78, 5) is 0. The van der Waals surface area contributed by atoms with Crippen molar-refractivity contribution in [1.82, 2.24) is 24.5 Å². The first kappa shape index (κ1) is 14.8. The van der Waals surface area contributed by atoms with Crippen molar-refractivity contribution in [3.05, 3.63) is 54.6 Å². The summed E-state index contributed by atoms with van der Waals surface area (Å²) in [5.41, 5.74) is 2.21. The Bertz CT molecular complexity index is 710. The highest BCUT2D eigenvalue weighted by Crippen LogP contribution is 2.20. The number of hydrogen-bond donors (Lipinski definition) is 0.